The van der Waals surface area contributed by atoms with E-state index in [0.29, 0.717) is 0 Å². The second kappa shape index (κ2) is 2.65. The van der Waals surface area contributed by atoms with E-state index in [1.807, 2.05) is 0 Å². The maximum absolute atomic E-state index is 12.0. The van der Waals surface area contributed by atoms with Gasteiger partial charge in [-0.3, -0.25) is 0 Å². The van der Waals surface area contributed by atoms with Gasteiger partial charge in [0.2, 0.25) is 5.88 Å². The second-order valence-corrected chi connectivity index (χ2v) is 2.96. The maximum Gasteiger partial charge on any atom is 0.395 e. The molecule has 1 aromatic rings. The molecule has 0 spiro atoms. The van der Waals surface area contributed by atoms with Crippen molar-refractivity contribution in [1.82, 2.24) is 10.2 Å². The van der Waals surface area contributed by atoms with Crippen molar-refractivity contribution in [2.75, 3.05) is 0 Å². The van der Waals surface area contributed by atoms with Crippen LogP contribution >= 0.6 is 0 Å². The van der Waals surface area contributed by atoms with Crippen molar-refractivity contribution in [3.63, 3.8) is 0 Å². The van der Waals surface area contributed by atoms with Crippen LogP contribution in [0.1, 0.15) is 6.42 Å². The summed E-state index contributed by atoms with van der Waals surface area (Å²) in [4.78, 5) is 0. The molecule has 1 fully saturated rings. The van der Waals surface area contributed by atoms with Gasteiger partial charge in [0.1, 0.15) is 6.10 Å². The molecule has 0 aliphatic heterocycles. The smallest absolute Gasteiger partial charge is 0.395 e. The van der Waals surface area contributed by atoms with Crippen molar-refractivity contribution in [2.45, 2.75) is 18.7 Å². The Morgan fingerprint density at radius 3 is 2.77 bits per heavy atom. The number of nitrogens with zero attached hydrogens (tertiary/aromatic N) is 1. The zero-order valence-electron chi connectivity index (χ0n) is 6.51. The van der Waals surface area contributed by atoms with E-state index in [1.54, 1.807) is 0 Å². The van der Waals surface area contributed by atoms with Crippen LogP contribution < -0.4 is 4.74 Å². The number of aromatic amines is 1. The molecule has 1 unspecified atom stereocenters. The van der Waals surface area contributed by atoms with E-state index in [2.05, 4.69) is 10.2 Å². The highest BCUT2D eigenvalue weighted by molar-refractivity contribution is 5.08. The summed E-state index contributed by atoms with van der Waals surface area (Å²) in [6, 6.07) is 1.49. The standard InChI is InChI=1S/C7H7F3N2O/c8-7(9,10)4-3-5(4)13-6-1-2-11-12-6/h1-2,4-5H,3H2,(H,11,12)/t4-,5?/m1/s1. The minimum Gasteiger partial charge on any atom is -0.474 e. The van der Waals surface area contributed by atoms with Gasteiger partial charge in [-0.15, -0.1) is 0 Å². The highest BCUT2D eigenvalue weighted by Gasteiger charge is 2.57. The summed E-state index contributed by atoms with van der Waals surface area (Å²) in [7, 11) is 0. The summed E-state index contributed by atoms with van der Waals surface area (Å²) in [5.41, 5.74) is 0. The first-order chi connectivity index (χ1) is 6.07. The summed E-state index contributed by atoms with van der Waals surface area (Å²) in [5, 5.41) is 6.00. The Labute approximate surface area is 71.9 Å². The molecule has 0 bridgehead atoms. The average molecular weight is 192 g/mol. The van der Waals surface area contributed by atoms with Crippen LogP contribution in [0, 0.1) is 5.92 Å². The summed E-state index contributed by atoms with van der Waals surface area (Å²) >= 11 is 0. The molecule has 0 saturated heterocycles. The molecule has 13 heavy (non-hydrogen) atoms. The van der Waals surface area contributed by atoms with Crippen LogP contribution in [0.4, 0.5) is 13.2 Å². The average Bonchev–Trinajstić information content (AvgIpc) is 2.57. The zero-order chi connectivity index (χ0) is 9.47. The quantitative estimate of drug-likeness (QED) is 0.774. The van der Waals surface area contributed by atoms with E-state index in [9.17, 15) is 13.2 Å². The van der Waals surface area contributed by atoms with Crippen LogP contribution in [-0.4, -0.2) is 22.5 Å². The number of H-pyrrole nitrogens is 1. The van der Waals surface area contributed by atoms with E-state index >= 15 is 0 Å². The highest BCUT2D eigenvalue weighted by atomic mass is 19.4. The summed E-state index contributed by atoms with van der Waals surface area (Å²) in [6.45, 7) is 0. The molecule has 1 N–H and O–H groups in total. The van der Waals surface area contributed by atoms with Crippen LogP contribution in [0.3, 0.4) is 0 Å². The van der Waals surface area contributed by atoms with Gasteiger partial charge in [-0.1, -0.05) is 0 Å². The molecule has 6 heteroatoms. The minimum atomic E-state index is -4.13. The van der Waals surface area contributed by atoms with Gasteiger partial charge in [0.15, 0.2) is 0 Å². The monoisotopic (exact) mass is 192 g/mol. The first-order valence-corrected chi connectivity index (χ1v) is 3.80. The molecule has 1 saturated carbocycles. The normalized spacial score (nSPS) is 27.3. The second-order valence-electron chi connectivity index (χ2n) is 2.96. The molecule has 1 heterocycles. The Bertz CT molecular complexity index is 282. The summed E-state index contributed by atoms with van der Waals surface area (Å²) in [5.74, 6) is -1.02. The lowest BCUT2D eigenvalue weighted by molar-refractivity contribution is -0.153. The Morgan fingerprint density at radius 1 is 1.54 bits per heavy atom. The lowest BCUT2D eigenvalue weighted by Gasteiger charge is -2.05. The number of hydrogen-bond acceptors (Lipinski definition) is 2. The van der Waals surface area contributed by atoms with E-state index in [-0.39, 0.29) is 12.3 Å². The van der Waals surface area contributed by atoms with Gasteiger partial charge in [0.05, 0.1) is 12.1 Å². The Morgan fingerprint density at radius 2 is 2.31 bits per heavy atom. The van der Waals surface area contributed by atoms with Gasteiger partial charge in [0, 0.05) is 6.07 Å². The van der Waals surface area contributed by atoms with E-state index in [1.165, 1.54) is 12.3 Å². The lowest BCUT2D eigenvalue weighted by atomic mass is 10.4. The molecule has 72 valence electrons. The molecular weight excluding hydrogens is 185 g/mol. The van der Waals surface area contributed by atoms with Gasteiger partial charge in [-0.2, -0.15) is 18.3 Å². The van der Waals surface area contributed by atoms with Crippen LogP contribution in [0.15, 0.2) is 12.3 Å². The van der Waals surface area contributed by atoms with Crippen LogP contribution in [-0.2, 0) is 0 Å². The van der Waals surface area contributed by atoms with Crippen molar-refractivity contribution in [2.24, 2.45) is 5.92 Å². The third-order valence-corrected chi connectivity index (χ3v) is 1.91. The fourth-order valence-electron chi connectivity index (χ4n) is 1.12. The molecule has 0 aromatic carbocycles. The largest absolute Gasteiger partial charge is 0.474 e. The molecule has 2 rings (SSSR count). The van der Waals surface area contributed by atoms with Crippen LogP contribution in [0.5, 0.6) is 5.88 Å². The number of alkyl halides is 3. The number of rotatable bonds is 2. The van der Waals surface area contributed by atoms with Gasteiger partial charge in [-0.25, -0.2) is 5.10 Å². The Hall–Kier alpha value is -1.20. The molecule has 1 aliphatic rings. The fourth-order valence-corrected chi connectivity index (χ4v) is 1.12. The maximum atomic E-state index is 12.0. The molecule has 2 atom stereocenters. The third kappa shape index (κ3) is 1.76. The predicted octanol–water partition coefficient (Wildman–Crippen LogP) is 1.74. The third-order valence-electron chi connectivity index (χ3n) is 1.91. The highest BCUT2D eigenvalue weighted by Crippen LogP contribution is 2.46. The van der Waals surface area contributed by atoms with Crippen molar-refractivity contribution in [1.29, 1.82) is 0 Å². The van der Waals surface area contributed by atoms with Gasteiger partial charge >= 0.3 is 6.18 Å². The molecular formula is C7H7F3N2O. The van der Waals surface area contributed by atoms with Gasteiger partial charge in [0.25, 0.3) is 0 Å². The van der Waals surface area contributed by atoms with Gasteiger partial charge < -0.3 is 4.74 Å². The fraction of sp³-hybridized carbons (Fsp3) is 0.571. The molecule has 1 aromatic heterocycles. The Kier molecular flexibility index (Phi) is 1.71. The van der Waals surface area contributed by atoms with Crippen molar-refractivity contribution in [3.05, 3.63) is 12.3 Å². The molecule has 0 amide bonds. The van der Waals surface area contributed by atoms with Crippen LogP contribution in [0.25, 0.3) is 0 Å². The topological polar surface area (TPSA) is 37.9 Å². The first-order valence-electron chi connectivity index (χ1n) is 3.80. The van der Waals surface area contributed by atoms with Crippen molar-refractivity contribution < 1.29 is 17.9 Å². The van der Waals surface area contributed by atoms with Gasteiger partial charge in [-0.05, 0) is 6.42 Å². The predicted molar refractivity (Wildman–Crippen MR) is 37.2 cm³/mol. The SMILES string of the molecule is FC(F)(F)[C@@H]1CC1Oc1ccn[nH]1. The zero-order valence-corrected chi connectivity index (χ0v) is 6.51. The lowest BCUT2D eigenvalue weighted by Crippen LogP contribution is -2.16. The number of halogens is 3. The van der Waals surface area contributed by atoms with Crippen molar-refractivity contribution in [3.8, 4) is 5.88 Å². The number of ether oxygens (including phenoxy) is 1. The number of aromatic nitrogens is 2. The minimum absolute atomic E-state index is 0.0442. The molecule has 0 radical (unpaired) electrons. The van der Waals surface area contributed by atoms with E-state index in [4.69, 9.17) is 4.74 Å². The van der Waals surface area contributed by atoms with E-state index < -0.39 is 18.2 Å². The molecule has 3 nitrogen and oxygen atoms in total. The van der Waals surface area contributed by atoms with E-state index in [0.717, 1.165) is 0 Å². The number of nitrogens with one attached hydrogen (secondary N) is 1. The van der Waals surface area contributed by atoms with Crippen molar-refractivity contribution >= 4 is 0 Å². The van der Waals surface area contributed by atoms with Crippen LogP contribution in [0.2, 0.25) is 0 Å². The summed E-state index contributed by atoms with van der Waals surface area (Å²) < 4.78 is 41.0. The summed E-state index contributed by atoms with van der Waals surface area (Å²) in [6.07, 6.45) is -3.39. The molecule has 1 aliphatic carbocycles. The first kappa shape index (κ1) is 8.40. The Balaban J connectivity index is 1.88. The number of hydrogen-bond donors (Lipinski definition) is 1.